The van der Waals surface area contributed by atoms with Gasteiger partial charge >= 0.3 is 6.03 Å². The molecule has 1 aliphatic rings. The summed E-state index contributed by atoms with van der Waals surface area (Å²) in [7, 11) is 0. The van der Waals surface area contributed by atoms with E-state index in [-0.39, 0.29) is 24.4 Å². The minimum Gasteiger partial charge on any atom is -0.341 e. The second-order valence-electron chi connectivity index (χ2n) is 5.91. The zero-order valence-electron chi connectivity index (χ0n) is 13.0. The molecule has 0 spiro atoms. The van der Waals surface area contributed by atoms with Crippen LogP contribution in [-0.2, 0) is 4.79 Å². The maximum absolute atomic E-state index is 12.3. The Morgan fingerprint density at radius 1 is 1.19 bits per heavy atom. The van der Waals surface area contributed by atoms with E-state index in [4.69, 9.17) is 5.26 Å². The highest BCUT2D eigenvalue weighted by molar-refractivity contribution is 5.87. The van der Waals surface area contributed by atoms with E-state index in [0.717, 1.165) is 38.8 Å². The molecule has 0 unspecified atom stereocenters. The average Bonchev–Trinajstić information content (AvgIpc) is 2.72. The third-order valence-corrected chi connectivity index (χ3v) is 3.56. The Bertz CT molecular complexity index is 382. The summed E-state index contributed by atoms with van der Waals surface area (Å²) in [6.45, 7) is 5.47. The molecular formula is C15H26N4O2. The first-order valence-corrected chi connectivity index (χ1v) is 7.74. The number of carbonyl (C=O) groups excluding carboxylic acids is 2. The lowest BCUT2D eigenvalue weighted by Gasteiger charge is -2.25. The van der Waals surface area contributed by atoms with E-state index >= 15 is 0 Å². The van der Waals surface area contributed by atoms with E-state index in [1.54, 1.807) is 4.90 Å². The Morgan fingerprint density at radius 3 is 2.33 bits per heavy atom. The largest absolute Gasteiger partial charge is 0.341 e. The molecule has 6 heteroatoms. The van der Waals surface area contributed by atoms with E-state index in [1.807, 2.05) is 19.9 Å². The van der Waals surface area contributed by atoms with Crippen LogP contribution in [0.5, 0.6) is 0 Å². The van der Waals surface area contributed by atoms with Crippen molar-refractivity contribution in [3.63, 3.8) is 0 Å². The van der Waals surface area contributed by atoms with Crippen LogP contribution in [0.15, 0.2) is 0 Å². The standard InChI is InChI=1S/C15H26N4O2/c1-12(2)11-13(14(20)17-8-7-16)18-15(21)19-9-5-3-4-6-10-19/h12-13H,3-6,8-11H2,1-2H3,(H,17,20)(H,18,21)/t13-/m0/s1. The first kappa shape index (κ1) is 17.3. The molecule has 1 aliphatic heterocycles. The third kappa shape index (κ3) is 6.48. The number of nitrogens with one attached hydrogen (secondary N) is 2. The highest BCUT2D eigenvalue weighted by atomic mass is 16.2. The molecule has 1 fully saturated rings. The summed E-state index contributed by atoms with van der Waals surface area (Å²) in [6.07, 6.45) is 4.91. The maximum atomic E-state index is 12.3. The van der Waals surface area contributed by atoms with Crippen LogP contribution in [0.25, 0.3) is 0 Å². The monoisotopic (exact) mass is 294 g/mol. The van der Waals surface area contributed by atoms with Crippen molar-refractivity contribution in [1.29, 1.82) is 5.26 Å². The summed E-state index contributed by atoms with van der Waals surface area (Å²) in [5, 5.41) is 13.9. The van der Waals surface area contributed by atoms with Crippen LogP contribution in [0.4, 0.5) is 4.79 Å². The van der Waals surface area contributed by atoms with Crippen molar-refractivity contribution < 1.29 is 9.59 Å². The second kappa shape index (κ2) is 9.22. The van der Waals surface area contributed by atoms with Crippen molar-refractivity contribution in [1.82, 2.24) is 15.5 Å². The van der Waals surface area contributed by atoms with Crippen molar-refractivity contribution >= 4 is 11.9 Å². The Kier molecular flexibility index (Phi) is 7.59. The van der Waals surface area contributed by atoms with Gasteiger partial charge in [-0.2, -0.15) is 5.26 Å². The fourth-order valence-electron chi connectivity index (χ4n) is 2.47. The smallest absolute Gasteiger partial charge is 0.318 e. The number of urea groups is 1. The Hall–Kier alpha value is -1.77. The molecule has 2 N–H and O–H groups in total. The molecular weight excluding hydrogens is 268 g/mol. The average molecular weight is 294 g/mol. The summed E-state index contributed by atoms with van der Waals surface area (Å²) in [6, 6.07) is 1.13. The van der Waals surface area contributed by atoms with Gasteiger partial charge in [0.1, 0.15) is 12.6 Å². The van der Waals surface area contributed by atoms with Gasteiger partial charge in [-0.05, 0) is 25.2 Å². The fourth-order valence-corrected chi connectivity index (χ4v) is 2.47. The minimum absolute atomic E-state index is 0.0347. The molecule has 21 heavy (non-hydrogen) atoms. The van der Waals surface area contributed by atoms with Gasteiger partial charge in [-0.3, -0.25) is 4.79 Å². The van der Waals surface area contributed by atoms with E-state index in [1.165, 1.54) is 0 Å². The molecule has 0 aromatic carbocycles. The van der Waals surface area contributed by atoms with Crippen LogP contribution in [0.3, 0.4) is 0 Å². The van der Waals surface area contributed by atoms with Gasteiger partial charge in [0.25, 0.3) is 0 Å². The summed E-state index contributed by atoms with van der Waals surface area (Å²) < 4.78 is 0. The molecule has 1 heterocycles. The number of nitrogens with zero attached hydrogens (tertiary/aromatic N) is 2. The van der Waals surface area contributed by atoms with Gasteiger partial charge in [-0.15, -0.1) is 0 Å². The molecule has 0 aliphatic carbocycles. The number of nitriles is 1. The van der Waals surface area contributed by atoms with Gasteiger partial charge < -0.3 is 15.5 Å². The van der Waals surface area contributed by atoms with Gasteiger partial charge in [-0.25, -0.2) is 4.79 Å². The van der Waals surface area contributed by atoms with Crippen LogP contribution >= 0.6 is 0 Å². The van der Waals surface area contributed by atoms with Crippen LogP contribution in [-0.4, -0.2) is 42.5 Å². The molecule has 0 aromatic rings. The lowest BCUT2D eigenvalue weighted by Crippen LogP contribution is -2.52. The number of rotatable bonds is 5. The van der Waals surface area contributed by atoms with Crippen molar-refractivity contribution in [3.05, 3.63) is 0 Å². The molecule has 0 saturated carbocycles. The molecule has 0 aromatic heterocycles. The van der Waals surface area contributed by atoms with Gasteiger partial charge in [0.2, 0.25) is 5.91 Å². The van der Waals surface area contributed by atoms with Crippen molar-refractivity contribution in [2.75, 3.05) is 19.6 Å². The molecule has 118 valence electrons. The molecule has 6 nitrogen and oxygen atoms in total. The molecule has 3 amide bonds. The summed E-state index contributed by atoms with van der Waals surface area (Å²) in [5.41, 5.74) is 0. The van der Waals surface area contributed by atoms with Crippen LogP contribution in [0, 0.1) is 17.2 Å². The van der Waals surface area contributed by atoms with Crippen LogP contribution in [0.1, 0.15) is 46.0 Å². The van der Waals surface area contributed by atoms with Gasteiger partial charge in [0.05, 0.1) is 6.07 Å². The number of amides is 3. The zero-order valence-corrected chi connectivity index (χ0v) is 13.0. The molecule has 1 rings (SSSR count). The Balaban J connectivity index is 2.59. The first-order chi connectivity index (χ1) is 10.0. The molecule has 0 radical (unpaired) electrons. The van der Waals surface area contributed by atoms with E-state index in [2.05, 4.69) is 10.6 Å². The maximum Gasteiger partial charge on any atom is 0.318 e. The van der Waals surface area contributed by atoms with Crippen molar-refractivity contribution in [2.45, 2.75) is 52.0 Å². The second-order valence-corrected chi connectivity index (χ2v) is 5.91. The fraction of sp³-hybridized carbons (Fsp3) is 0.800. The minimum atomic E-state index is -0.575. The number of hydrogen-bond donors (Lipinski definition) is 2. The van der Waals surface area contributed by atoms with Gasteiger partial charge in [0.15, 0.2) is 0 Å². The van der Waals surface area contributed by atoms with Gasteiger partial charge in [-0.1, -0.05) is 26.7 Å². The van der Waals surface area contributed by atoms with Crippen LogP contribution < -0.4 is 10.6 Å². The SMILES string of the molecule is CC(C)C[C@H](NC(=O)N1CCCCCC1)C(=O)NCC#N. The van der Waals surface area contributed by atoms with E-state index < -0.39 is 6.04 Å². The number of carbonyl (C=O) groups is 2. The normalized spacial score (nSPS) is 16.8. The van der Waals surface area contributed by atoms with Crippen molar-refractivity contribution in [2.24, 2.45) is 5.92 Å². The lowest BCUT2D eigenvalue weighted by molar-refractivity contribution is -0.123. The molecule has 1 atom stereocenters. The predicted octanol–water partition coefficient (Wildman–Crippen LogP) is 1.63. The van der Waals surface area contributed by atoms with Crippen LogP contribution in [0.2, 0.25) is 0 Å². The zero-order chi connectivity index (χ0) is 15.7. The topological polar surface area (TPSA) is 85.2 Å². The van der Waals surface area contributed by atoms with E-state index in [0.29, 0.717) is 6.42 Å². The predicted molar refractivity (Wildman–Crippen MR) is 80.4 cm³/mol. The third-order valence-electron chi connectivity index (χ3n) is 3.56. The molecule has 0 bridgehead atoms. The summed E-state index contributed by atoms with van der Waals surface area (Å²) >= 11 is 0. The Morgan fingerprint density at radius 2 is 1.81 bits per heavy atom. The van der Waals surface area contributed by atoms with Gasteiger partial charge in [0, 0.05) is 13.1 Å². The molecule has 1 saturated heterocycles. The Labute approximate surface area is 126 Å². The number of likely N-dealkylation sites (tertiary alicyclic amines) is 1. The quantitative estimate of drug-likeness (QED) is 0.756. The first-order valence-electron chi connectivity index (χ1n) is 7.74. The van der Waals surface area contributed by atoms with E-state index in [9.17, 15) is 9.59 Å². The highest BCUT2D eigenvalue weighted by Gasteiger charge is 2.24. The summed E-state index contributed by atoms with van der Waals surface area (Å²) in [5.74, 6) is 0.000640. The lowest BCUT2D eigenvalue weighted by atomic mass is 10.0. The van der Waals surface area contributed by atoms with Crippen molar-refractivity contribution in [3.8, 4) is 6.07 Å². The number of hydrogen-bond acceptors (Lipinski definition) is 3. The summed E-state index contributed by atoms with van der Waals surface area (Å²) in [4.78, 5) is 26.1. The highest BCUT2D eigenvalue weighted by Crippen LogP contribution is 2.11.